The molecule has 1 aromatic rings. The minimum Gasteiger partial charge on any atom is -0.326 e. The third-order valence-corrected chi connectivity index (χ3v) is 4.74. The van der Waals surface area contributed by atoms with Gasteiger partial charge in [0.15, 0.2) is 0 Å². The summed E-state index contributed by atoms with van der Waals surface area (Å²) in [6, 6.07) is 3.60. The van der Waals surface area contributed by atoms with E-state index in [2.05, 4.69) is 35.6 Å². The van der Waals surface area contributed by atoms with Gasteiger partial charge in [-0.2, -0.15) is 11.3 Å². The lowest BCUT2D eigenvalue weighted by Crippen LogP contribution is -2.47. The Balaban J connectivity index is 2.17. The highest BCUT2D eigenvalue weighted by Gasteiger charge is 2.31. The van der Waals surface area contributed by atoms with Gasteiger partial charge in [-0.05, 0) is 55.1 Å². The maximum atomic E-state index is 6.28. The quantitative estimate of drug-likeness (QED) is 0.878. The maximum absolute atomic E-state index is 6.28. The Morgan fingerprint density at radius 2 is 2.33 bits per heavy atom. The summed E-state index contributed by atoms with van der Waals surface area (Å²) in [6.07, 6.45) is 6.65. The van der Waals surface area contributed by atoms with Crippen LogP contribution in [0.3, 0.4) is 0 Å². The zero-order valence-corrected chi connectivity index (χ0v) is 12.5. The number of nitrogens with zero attached hydrogens (tertiary/aromatic N) is 1. The Morgan fingerprint density at radius 3 is 2.94 bits per heavy atom. The highest BCUT2D eigenvalue weighted by molar-refractivity contribution is 7.07. The van der Waals surface area contributed by atoms with Crippen LogP contribution >= 0.6 is 11.3 Å². The van der Waals surface area contributed by atoms with Crippen molar-refractivity contribution < 1.29 is 0 Å². The van der Waals surface area contributed by atoms with Gasteiger partial charge in [-0.3, -0.25) is 4.90 Å². The molecule has 1 aliphatic heterocycles. The Morgan fingerprint density at radius 1 is 1.50 bits per heavy atom. The van der Waals surface area contributed by atoms with Crippen LogP contribution in [0.5, 0.6) is 0 Å². The van der Waals surface area contributed by atoms with Crippen LogP contribution < -0.4 is 5.73 Å². The predicted octanol–water partition coefficient (Wildman–Crippen LogP) is 3.79. The number of likely N-dealkylation sites (tertiary alicyclic amines) is 1. The van der Waals surface area contributed by atoms with Crippen LogP contribution in [-0.2, 0) is 0 Å². The van der Waals surface area contributed by atoms with E-state index in [4.69, 9.17) is 5.73 Å². The molecule has 3 atom stereocenters. The first-order valence-corrected chi connectivity index (χ1v) is 8.21. The summed E-state index contributed by atoms with van der Waals surface area (Å²) < 4.78 is 0. The molecule has 3 unspecified atom stereocenters. The molecule has 2 nitrogen and oxygen atoms in total. The van der Waals surface area contributed by atoms with E-state index in [-0.39, 0.29) is 6.04 Å². The number of piperidine rings is 1. The monoisotopic (exact) mass is 266 g/mol. The van der Waals surface area contributed by atoms with Gasteiger partial charge < -0.3 is 5.73 Å². The molecule has 102 valence electrons. The van der Waals surface area contributed by atoms with Crippen LogP contribution in [0.2, 0.25) is 0 Å². The van der Waals surface area contributed by atoms with Crippen molar-refractivity contribution in [3.63, 3.8) is 0 Å². The van der Waals surface area contributed by atoms with Crippen molar-refractivity contribution in [2.24, 2.45) is 5.73 Å². The van der Waals surface area contributed by atoms with Gasteiger partial charge in [-0.15, -0.1) is 0 Å². The normalized spacial score (nSPS) is 24.9. The van der Waals surface area contributed by atoms with Gasteiger partial charge in [-0.25, -0.2) is 0 Å². The molecule has 3 heteroatoms. The summed E-state index contributed by atoms with van der Waals surface area (Å²) in [7, 11) is 0. The fourth-order valence-corrected chi connectivity index (χ4v) is 3.96. The van der Waals surface area contributed by atoms with Crippen molar-refractivity contribution in [1.82, 2.24) is 4.90 Å². The minimum absolute atomic E-state index is 0.206. The highest BCUT2D eigenvalue weighted by Crippen LogP contribution is 2.33. The fraction of sp³-hybridized carbons (Fsp3) is 0.733. The van der Waals surface area contributed by atoms with Crippen LogP contribution in [0.15, 0.2) is 16.8 Å². The first-order valence-electron chi connectivity index (χ1n) is 7.27. The lowest BCUT2D eigenvalue weighted by atomic mass is 9.92. The summed E-state index contributed by atoms with van der Waals surface area (Å²) in [4.78, 5) is 2.68. The number of thiophene rings is 1. The minimum atomic E-state index is 0.206. The third-order valence-electron chi connectivity index (χ3n) is 4.03. The fourth-order valence-electron chi connectivity index (χ4n) is 3.27. The molecule has 0 radical (unpaired) electrons. The van der Waals surface area contributed by atoms with E-state index in [0.29, 0.717) is 6.04 Å². The highest BCUT2D eigenvalue weighted by atomic mass is 32.1. The Bertz CT molecular complexity index is 332. The van der Waals surface area contributed by atoms with E-state index in [0.717, 1.165) is 6.04 Å². The van der Waals surface area contributed by atoms with Crippen LogP contribution in [0, 0.1) is 0 Å². The molecule has 0 aromatic carbocycles. The molecule has 0 aliphatic carbocycles. The number of rotatable bonds is 5. The van der Waals surface area contributed by atoms with Gasteiger partial charge >= 0.3 is 0 Å². The molecule has 2 heterocycles. The second kappa shape index (κ2) is 6.69. The summed E-state index contributed by atoms with van der Waals surface area (Å²) >= 11 is 1.78. The summed E-state index contributed by atoms with van der Waals surface area (Å²) in [5.74, 6) is 0. The molecular formula is C15H26N2S. The maximum Gasteiger partial charge on any atom is 0.0507 e. The van der Waals surface area contributed by atoms with Gasteiger partial charge in [0.25, 0.3) is 0 Å². The van der Waals surface area contributed by atoms with Crippen molar-refractivity contribution in [1.29, 1.82) is 0 Å². The standard InChI is InChI=1S/C15H26N2S/c1-3-6-14-7-4-5-9-17(14)15(12(2)16)13-8-10-18-11-13/h8,10-12,14-15H,3-7,9,16H2,1-2H3. The second-order valence-electron chi connectivity index (χ2n) is 5.54. The SMILES string of the molecule is CCCC1CCCCN1C(c1ccsc1)C(C)N. The van der Waals surface area contributed by atoms with Crippen LogP contribution in [0.4, 0.5) is 0 Å². The largest absolute Gasteiger partial charge is 0.326 e. The smallest absolute Gasteiger partial charge is 0.0507 e. The zero-order valence-electron chi connectivity index (χ0n) is 11.6. The van der Waals surface area contributed by atoms with E-state index in [1.165, 1.54) is 44.2 Å². The van der Waals surface area contributed by atoms with E-state index in [1.807, 2.05) is 0 Å². The van der Waals surface area contributed by atoms with E-state index in [1.54, 1.807) is 11.3 Å². The van der Waals surface area contributed by atoms with Gasteiger partial charge in [0, 0.05) is 12.1 Å². The third kappa shape index (κ3) is 3.14. The summed E-state index contributed by atoms with van der Waals surface area (Å²) in [5.41, 5.74) is 7.69. The Kier molecular flexibility index (Phi) is 5.22. The van der Waals surface area contributed by atoms with Gasteiger partial charge in [0.2, 0.25) is 0 Å². The molecule has 0 spiro atoms. The van der Waals surface area contributed by atoms with Crippen molar-refractivity contribution in [2.75, 3.05) is 6.54 Å². The van der Waals surface area contributed by atoms with Gasteiger partial charge in [0.1, 0.15) is 0 Å². The van der Waals surface area contributed by atoms with Gasteiger partial charge in [-0.1, -0.05) is 19.8 Å². The molecule has 1 fully saturated rings. The summed E-state index contributed by atoms with van der Waals surface area (Å²) in [6.45, 7) is 5.66. The van der Waals surface area contributed by atoms with Crippen LogP contribution in [0.25, 0.3) is 0 Å². The molecule has 2 rings (SSSR count). The van der Waals surface area contributed by atoms with Crippen molar-refractivity contribution >= 4 is 11.3 Å². The van der Waals surface area contributed by atoms with E-state index in [9.17, 15) is 0 Å². The van der Waals surface area contributed by atoms with Gasteiger partial charge in [0.05, 0.1) is 6.04 Å². The lowest BCUT2D eigenvalue weighted by molar-refractivity contribution is 0.0766. The molecule has 2 N–H and O–H groups in total. The van der Waals surface area contributed by atoms with E-state index >= 15 is 0 Å². The second-order valence-corrected chi connectivity index (χ2v) is 6.32. The number of nitrogens with two attached hydrogens (primary N) is 1. The predicted molar refractivity (Wildman–Crippen MR) is 80.0 cm³/mol. The molecule has 0 bridgehead atoms. The number of hydrogen-bond donors (Lipinski definition) is 1. The van der Waals surface area contributed by atoms with Crippen molar-refractivity contribution in [3.8, 4) is 0 Å². The molecule has 1 saturated heterocycles. The topological polar surface area (TPSA) is 29.3 Å². The van der Waals surface area contributed by atoms with Crippen molar-refractivity contribution in [2.45, 2.75) is 64.1 Å². The molecule has 0 saturated carbocycles. The first-order chi connectivity index (χ1) is 8.74. The molecule has 18 heavy (non-hydrogen) atoms. The molecule has 1 aromatic heterocycles. The van der Waals surface area contributed by atoms with Crippen molar-refractivity contribution in [3.05, 3.63) is 22.4 Å². The van der Waals surface area contributed by atoms with Crippen LogP contribution in [-0.4, -0.2) is 23.5 Å². The zero-order chi connectivity index (χ0) is 13.0. The first kappa shape index (κ1) is 14.0. The Hall–Kier alpha value is -0.380. The summed E-state index contributed by atoms with van der Waals surface area (Å²) in [5, 5.41) is 4.44. The van der Waals surface area contributed by atoms with E-state index < -0.39 is 0 Å². The van der Waals surface area contributed by atoms with Crippen LogP contribution in [0.1, 0.15) is 57.6 Å². The Labute approximate surface area is 115 Å². The molecular weight excluding hydrogens is 240 g/mol. The number of hydrogen-bond acceptors (Lipinski definition) is 3. The average molecular weight is 266 g/mol. The molecule has 0 amide bonds. The molecule has 1 aliphatic rings. The lowest BCUT2D eigenvalue weighted by Gasteiger charge is -2.43. The average Bonchev–Trinajstić information content (AvgIpc) is 2.85.